The number of hydrogen-bond acceptors (Lipinski definition) is 4. The predicted octanol–water partition coefficient (Wildman–Crippen LogP) is 3.96. The third-order valence-corrected chi connectivity index (χ3v) is 5.51. The van der Waals surface area contributed by atoms with Crippen molar-refractivity contribution in [3.63, 3.8) is 0 Å². The van der Waals surface area contributed by atoms with E-state index in [0.29, 0.717) is 19.5 Å². The number of para-hydroxylation sites is 1. The van der Waals surface area contributed by atoms with Crippen molar-refractivity contribution in [2.24, 2.45) is 4.99 Å². The van der Waals surface area contributed by atoms with Gasteiger partial charge in [0, 0.05) is 31.1 Å². The molecule has 170 valence electrons. The quantitative estimate of drug-likeness (QED) is 0.256. The highest BCUT2D eigenvalue weighted by molar-refractivity contribution is 14.0. The van der Waals surface area contributed by atoms with Crippen molar-refractivity contribution in [3.8, 4) is 0 Å². The minimum atomic E-state index is 0. The summed E-state index contributed by atoms with van der Waals surface area (Å²) in [7, 11) is 0. The van der Waals surface area contributed by atoms with Gasteiger partial charge in [0.25, 0.3) is 0 Å². The summed E-state index contributed by atoms with van der Waals surface area (Å²) in [5.41, 5.74) is 2.07. The summed E-state index contributed by atoms with van der Waals surface area (Å²) in [5.74, 6) is 1.85. The van der Waals surface area contributed by atoms with E-state index in [1.54, 1.807) is 6.26 Å². The molecule has 1 aliphatic rings. The lowest BCUT2D eigenvalue weighted by molar-refractivity contribution is -0.116. The molecule has 0 bridgehead atoms. The second kappa shape index (κ2) is 12.7. The van der Waals surface area contributed by atoms with Crippen molar-refractivity contribution in [2.75, 3.05) is 38.0 Å². The summed E-state index contributed by atoms with van der Waals surface area (Å²) in [5, 5.41) is 9.71. The Morgan fingerprint density at radius 3 is 2.65 bits per heavy atom. The molecule has 0 radical (unpaired) electrons. The van der Waals surface area contributed by atoms with Crippen LogP contribution in [-0.4, -0.2) is 49.5 Å². The first-order valence-corrected chi connectivity index (χ1v) is 10.8. The molecule has 2 unspecified atom stereocenters. The third-order valence-electron chi connectivity index (χ3n) is 5.51. The number of benzene rings is 1. The molecule has 8 heteroatoms. The van der Waals surface area contributed by atoms with Crippen LogP contribution in [0.4, 0.5) is 5.69 Å². The fraction of sp³-hybridized carbons (Fsp3) is 0.478. The summed E-state index contributed by atoms with van der Waals surface area (Å²) in [6, 6.07) is 12.0. The van der Waals surface area contributed by atoms with Crippen molar-refractivity contribution in [1.82, 2.24) is 15.5 Å². The standard InChI is InChI=1S/C23H33N5O2.HI/c1-4-24-23(26-16-20(28(5-2)6-3)21-12-9-13-30-21)25-15-17-14-22(29)27-19-11-8-7-10-18(17)19;/h7-13,17,20H,4-6,14-16H2,1-3H3,(H,27,29)(H2,24,25,26);1H. The van der Waals surface area contributed by atoms with Gasteiger partial charge in [-0.2, -0.15) is 0 Å². The van der Waals surface area contributed by atoms with Crippen molar-refractivity contribution in [1.29, 1.82) is 0 Å². The van der Waals surface area contributed by atoms with Gasteiger partial charge >= 0.3 is 0 Å². The van der Waals surface area contributed by atoms with Gasteiger partial charge in [0.2, 0.25) is 5.91 Å². The number of carbonyl (C=O) groups excluding carboxylic acids is 1. The smallest absolute Gasteiger partial charge is 0.225 e. The Morgan fingerprint density at radius 2 is 1.97 bits per heavy atom. The van der Waals surface area contributed by atoms with Crippen LogP contribution in [-0.2, 0) is 4.79 Å². The number of amides is 1. The van der Waals surface area contributed by atoms with Crippen molar-refractivity contribution >= 4 is 41.5 Å². The van der Waals surface area contributed by atoms with Crippen LogP contribution < -0.4 is 16.0 Å². The van der Waals surface area contributed by atoms with Crippen LogP contribution in [0.15, 0.2) is 52.1 Å². The first kappa shape index (κ1) is 25.2. The number of likely N-dealkylation sites (N-methyl/N-ethyl adjacent to an activating group) is 1. The maximum absolute atomic E-state index is 12.1. The number of nitrogens with one attached hydrogen (secondary N) is 3. The number of furan rings is 1. The molecule has 1 aromatic carbocycles. The molecule has 0 aliphatic carbocycles. The summed E-state index contributed by atoms with van der Waals surface area (Å²) in [4.78, 5) is 19.3. The van der Waals surface area contributed by atoms with Gasteiger partial charge < -0.3 is 20.4 Å². The van der Waals surface area contributed by atoms with Gasteiger partial charge in [-0.3, -0.25) is 14.7 Å². The number of nitrogens with zero attached hydrogens (tertiary/aromatic N) is 2. The second-order valence-electron chi connectivity index (χ2n) is 7.39. The molecule has 1 amide bonds. The number of anilines is 1. The molecule has 1 aliphatic heterocycles. The number of aliphatic imine (C=N–C) groups is 1. The normalized spacial score (nSPS) is 16.8. The Morgan fingerprint density at radius 1 is 1.19 bits per heavy atom. The molecule has 2 aromatic rings. The Balaban J connectivity index is 0.00000341. The second-order valence-corrected chi connectivity index (χ2v) is 7.39. The lowest BCUT2D eigenvalue weighted by atomic mass is 9.90. The van der Waals surface area contributed by atoms with E-state index in [-0.39, 0.29) is 41.8 Å². The molecular formula is C23H34IN5O2. The summed E-state index contributed by atoms with van der Waals surface area (Å²) in [6.45, 7) is 10.2. The minimum Gasteiger partial charge on any atom is -0.468 e. The van der Waals surface area contributed by atoms with E-state index in [0.717, 1.165) is 42.6 Å². The highest BCUT2D eigenvalue weighted by Gasteiger charge is 2.25. The predicted molar refractivity (Wildman–Crippen MR) is 136 cm³/mol. The number of fused-ring (bicyclic) bond motifs is 1. The number of carbonyl (C=O) groups is 1. The van der Waals surface area contributed by atoms with Gasteiger partial charge in [-0.25, -0.2) is 0 Å². The number of hydrogen-bond donors (Lipinski definition) is 3. The van der Waals surface area contributed by atoms with Gasteiger partial charge in [-0.1, -0.05) is 32.0 Å². The average Bonchev–Trinajstić information content (AvgIpc) is 3.29. The zero-order chi connectivity index (χ0) is 21.3. The molecule has 0 saturated heterocycles. The van der Waals surface area contributed by atoms with E-state index in [9.17, 15) is 4.79 Å². The average molecular weight is 539 g/mol. The SMILES string of the molecule is CCNC(=NCC(c1ccco1)N(CC)CC)NCC1CC(=O)Nc2ccccc21.I. The lowest BCUT2D eigenvalue weighted by Crippen LogP contribution is -2.41. The summed E-state index contributed by atoms with van der Waals surface area (Å²) >= 11 is 0. The van der Waals surface area contributed by atoms with Crippen molar-refractivity contribution < 1.29 is 9.21 Å². The highest BCUT2D eigenvalue weighted by atomic mass is 127. The lowest BCUT2D eigenvalue weighted by Gasteiger charge is -2.28. The zero-order valence-corrected chi connectivity index (χ0v) is 20.9. The third kappa shape index (κ3) is 6.70. The minimum absolute atomic E-state index is 0. The van der Waals surface area contributed by atoms with Crippen LogP contribution in [0.25, 0.3) is 0 Å². The molecule has 2 atom stereocenters. The first-order valence-electron chi connectivity index (χ1n) is 10.8. The molecule has 3 N–H and O–H groups in total. The van der Waals surface area contributed by atoms with Crippen LogP contribution >= 0.6 is 24.0 Å². The molecule has 0 saturated carbocycles. The molecule has 31 heavy (non-hydrogen) atoms. The van der Waals surface area contributed by atoms with Crippen LogP contribution in [0, 0.1) is 0 Å². The first-order chi connectivity index (χ1) is 14.7. The van der Waals surface area contributed by atoms with E-state index in [1.165, 1.54) is 0 Å². The summed E-state index contributed by atoms with van der Waals surface area (Å²) in [6.07, 6.45) is 2.18. The van der Waals surface area contributed by atoms with E-state index >= 15 is 0 Å². The van der Waals surface area contributed by atoms with Crippen LogP contribution in [0.3, 0.4) is 0 Å². The van der Waals surface area contributed by atoms with Crippen molar-refractivity contribution in [3.05, 3.63) is 54.0 Å². The maximum atomic E-state index is 12.1. The fourth-order valence-electron chi connectivity index (χ4n) is 3.95. The number of halogens is 1. The Hall–Kier alpha value is -2.07. The molecular weight excluding hydrogens is 505 g/mol. The Labute approximate surface area is 202 Å². The fourth-order valence-corrected chi connectivity index (χ4v) is 3.95. The van der Waals surface area contributed by atoms with Crippen molar-refractivity contribution in [2.45, 2.75) is 39.2 Å². The number of rotatable bonds is 9. The molecule has 1 aromatic heterocycles. The van der Waals surface area contributed by atoms with Gasteiger partial charge in [-0.05, 0) is 43.8 Å². The van der Waals surface area contributed by atoms with E-state index in [4.69, 9.17) is 9.41 Å². The van der Waals surface area contributed by atoms with Crippen LogP contribution in [0.2, 0.25) is 0 Å². The van der Waals surface area contributed by atoms with Gasteiger partial charge in [0.15, 0.2) is 5.96 Å². The topological polar surface area (TPSA) is 81.9 Å². The zero-order valence-electron chi connectivity index (χ0n) is 18.6. The van der Waals surface area contributed by atoms with E-state index < -0.39 is 0 Å². The molecule has 3 rings (SSSR count). The molecule has 0 fully saturated rings. The largest absolute Gasteiger partial charge is 0.468 e. The Bertz CT molecular complexity index is 836. The monoisotopic (exact) mass is 539 g/mol. The molecule has 2 heterocycles. The Kier molecular flexibility index (Phi) is 10.3. The molecule has 0 spiro atoms. The highest BCUT2D eigenvalue weighted by Crippen LogP contribution is 2.31. The summed E-state index contributed by atoms with van der Waals surface area (Å²) < 4.78 is 5.68. The van der Waals surface area contributed by atoms with Crippen LogP contribution in [0.5, 0.6) is 0 Å². The van der Waals surface area contributed by atoms with Gasteiger partial charge in [-0.15, -0.1) is 24.0 Å². The molecule has 7 nitrogen and oxygen atoms in total. The number of guanidine groups is 1. The van der Waals surface area contributed by atoms with E-state index in [1.807, 2.05) is 30.3 Å². The maximum Gasteiger partial charge on any atom is 0.225 e. The van der Waals surface area contributed by atoms with Gasteiger partial charge in [0.05, 0.1) is 18.8 Å². The van der Waals surface area contributed by atoms with Crippen LogP contribution in [0.1, 0.15) is 50.5 Å². The van der Waals surface area contributed by atoms with E-state index in [2.05, 4.69) is 47.7 Å². The van der Waals surface area contributed by atoms with Gasteiger partial charge in [0.1, 0.15) is 5.76 Å².